The van der Waals surface area contributed by atoms with Crippen LogP contribution in [0.25, 0.3) is 0 Å². The van der Waals surface area contributed by atoms with Gasteiger partial charge in [0.2, 0.25) is 0 Å². The SMILES string of the molecule is OCc1cc(Cl)c(C(F)(F)F)c(C(F)F)n1. The monoisotopic (exact) mass is 261 g/mol. The highest BCUT2D eigenvalue weighted by atomic mass is 35.5. The van der Waals surface area contributed by atoms with Crippen LogP contribution in [-0.4, -0.2) is 10.1 Å². The van der Waals surface area contributed by atoms with Crippen molar-refractivity contribution in [2.45, 2.75) is 19.2 Å². The summed E-state index contributed by atoms with van der Waals surface area (Å²) < 4.78 is 61.9. The molecule has 0 aliphatic rings. The first-order chi connectivity index (χ1) is 7.27. The molecule has 0 atom stereocenters. The van der Waals surface area contributed by atoms with Gasteiger partial charge in [-0.25, -0.2) is 13.8 Å². The van der Waals surface area contributed by atoms with E-state index in [1.54, 1.807) is 0 Å². The Labute approximate surface area is 91.7 Å². The Bertz CT molecular complexity index is 393. The molecule has 2 nitrogen and oxygen atoms in total. The molecule has 1 N–H and O–H groups in total. The van der Waals surface area contributed by atoms with Crippen molar-refractivity contribution in [1.29, 1.82) is 0 Å². The number of pyridine rings is 1. The molecule has 16 heavy (non-hydrogen) atoms. The Balaban J connectivity index is 3.46. The van der Waals surface area contributed by atoms with E-state index in [4.69, 9.17) is 16.7 Å². The topological polar surface area (TPSA) is 33.1 Å². The minimum atomic E-state index is -5.01. The summed E-state index contributed by atoms with van der Waals surface area (Å²) in [5.74, 6) is 0. The van der Waals surface area contributed by atoms with E-state index in [0.29, 0.717) is 6.07 Å². The molecule has 0 aromatic carbocycles. The van der Waals surface area contributed by atoms with Crippen molar-refractivity contribution in [2.75, 3.05) is 0 Å². The van der Waals surface area contributed by atoms with E-state index in [1.165, 1.54) is 0 Å². The standard InChI is InChI=1S/C8H5ClF5NO/c9-4-1-3(2-16)15-6(7(10)11)5(4)8(12,13)14/h1,7,16H,2H2. The lowest BCUT2D eigenvalue weighted by Gasteiger charge is -2.14. The van der Waals surface area contributed by atoms with E-state index in [-0.39, 0.29) is 5.69 Å². The number of rotatable bonds is 2. The molecule has 0 fully saturated rings. The predicted octanol–water partition coefficient (Wildman–Crippen LogP) is 3.18. The van der Waals surface area contributed by atoms with Crippen molar-refractivity contribution in [2.24, 2.45) is 0 Å². The van der Waals surface area contributed by atoms with Crippen LogP contribution in [0.5, 0.6) is 0 Å². The molecular formula is C8H5ClF5NO. The Morgan fingerprint density at radius 1 is 1.38 bits per heavy atom. The third-order valence-corrected chi connectivity index (χ3v) is 2.00. The number of aromatic nitrogens is 1. The maximum atomic E-state index is 12.4. The predicted molar refractivity (Wildman–Crippen MR) is 45.1 cm³/mol. The molecule has 0 aliphatic carbocycles. The fraction of sp³-hybridized carbons (Fsp3) is 0.375. The molecular weight excluding hydrogens is 257 g/mol. The van der Waals surface area contributed by atoms with E-state index >= 15 is 0 Å². The maximum Gasteiger partial charge on any atom is 0.419 e. The smallest absolute Gasteiger partial charge is 0.390 e. The van der Waals surface area contributed by atoms with Gasteiger partial charge in [0.15, 0.2) is 0 Å². The molecule has 1 aromatic heterocycles. The molecule has 0 unspecified atom stereocenters. The van der Waals surface area contributed by atoms with E-state index in [0.717, 1.165) is 0 Å². The molecule has 0 radical (unpaired) electrons. The van der Waals surface area contributed by atoms with Crippen molar-refractivity contribution < 1.29 is 27.1 Å². The average molecular weight is 262 g/mol. The summed E-state index contributed by atoms with van der Waals surface area (Å²) in [4.78, 5) is 3.01. The largest absolute Gasteiger partial charge is 0.419 e. The van der Waals surface area contributed by atoms with Crippen LogP contribution in [0.15, 0.2) is 6.07 Å². The maximum absolute atomic E-state index is 12.4. The van der Waals surface area contributed by atoms with Gasteiger partial charge in [-0.05, 0) is 6.07 Å². The van der Waals surface area contributed by atoms with Gasteiger partial charge in [0.25, 0.3) is 6.43 Å². The van der Waals surface area contributed by atoms with E-state index in [1.807, 2.05) is 0 Å². The van der Waals surface area contributed by atoms with Crippen LogP contribution in [0.3, 0.4) is 0 Å². The lowest BCUT2D eigenvalue weighted by molar-refractivity contribution is -0.139. The molecule has 1 rings (SSSR count). The molecule has 0 amide bonds. The van der Waals surface area contributed by atoms with Gasteiger partial charge in [0, 0.05) is 0 Å². The zero-order valence-electron chi connectivity index (χ0n) is 7.52. The molecule has 0 spiro atoms. The van der Waals surface area contributed by atoms with Crippen LogP contribution in [0, 0.1) is 0 Å². The molecule has 0 bridgehead atoms. The van der Waals surface area contributed by atoms with Crippen LogP contribution in [0.2, 0.25) is 5.02 Å². The van der Waals surface area contributed by atoms with Crippen LogP contribution in [-0.2, 0) is 12.8 Å². The summed E-state index contributed by atoms with van der Waals surface area (Å²) in [5.41, 5.74) is -3.47. The van der Waals surface area contributed by atoms with Crippen molar-refractivity contribution in [3.63, 3.8) is 0 Å². The van der Waals surface area contributed by atoms with Gasteiger partial charge in [-0.15, -0.1) is 0 Å². The lowest BCUT2D eigenvalue weighted by atomic mass is 10.1. The minimum absolute atomic E-state index is 0.340. The van der Waals surface area contributed by atoms with Gasteiger partial charge in [-0.1, -0.05) is 11.6 Å². The molecule has 8 heteroatoms. The first-order valence-corrected chi connectivity index (χ1v) is 4.30. The third-order valence-electron chi connectivity index (χ3n) is 1.70. The molecule has 0 saturated heterocycles. The fourth-order valence-electron chi connectivity index (χ4n) is 1.10. The third kappa shape index (κ3) is 2.59. The van der Waals surface area contributed by atoms with Crippen molar-refractivity contribution >= 4 is 11.6 Å². The minimum Gasteiger partial charge on any atom is -0.390 e. The molecule has 0 aliphatic heterocycles. The number of nitrogens with zero attached hydrogens (tertiary/aromatic N) is 1. The van der Waals surface area contributed by atoms with Crippen molar-refractivity contribution in [3.8, 4) is 0 Å². The first kappa shape index (κ1) is 13.1. The van der Waals surface area contributed by atoms with Gasteiger partial charge in [-0.3, -0.25) is 0 Å². The molecule has 0 saturated carbocycles. The van der Waals surface area contributed by atoms with E-state index < -0.39 is 35.5 Å². The highest BCUT2D eigenvalue weighted by Gasteiger charge is 2.39. The quantitative estimate of drug-likeness (QED) is 0.830. The Kier molecular flexibility index (Phi) is 3.69. The number of hydrogen-bond donors (Lipinski definition) is 1. The number of halogens is 6. The molecule has 90 valence electrons. The van der Waals surface area contributed by atoms with Gasteiger partial charge in [0.05, 0.1) is 17.3 Å². The van der Waals surface area contributed by atoms with Gasteiger partial charge >= 0.3 is 6.18 Å². The van der Waals surface area contributed by atoms with Crippen molar-refractivity contribution in [3.05, 3.63) is 28.0 Å². The van der Waals surface area contributed by atoms with Crippen LogP contribution in [0.1, 0.15) is 23.4 Å². The summed E-state index contributed by atoms with van der Waals surface area (Å²) >= 11 is 5.24. The van der Waals surface area contributed by atoms with Gasteiger partial charge < -0.3 is 5.11 Å². The Morgan fingerprint density at radius 2 is 1.94 bits per heavy atom. The number of alkyl halides is 5. The summed E-state index contributed by atoms with van der Waals surface area (Å²) in [6.07, 6.45) is -8.43. The van der Waals surface area contributed by atoms with Gasteiger partial charge in [-0.2, -0.15) is 13.2 Å². The van der Waals surface area contributed by atoms with Crippen LogP contribution < -0.4 is 0 Å². The average Bonchev–Trinajstić information content (AvgIpc) is 2.14. The second-order valence-corrected chi connectivity index (χ2v) is 3.22. The van der Waals surface area contributed by atoms with Crippen molar-refractivity contribution in [1.82, 2.24) is 4.98 Å². The highest BCUT2D eigenvalue weighted by Crippen LogP contribution is 2.40. The number of aliphatic hydroxyl groups is 1. The normalized spacial score (nSPS) is 12.2. The van der Waals surface area contributed by atoms with Crippen LogP contribution in [0.4, 0.5) is 22.0 Å². The number of aliphatic hydroxyl groups excluding tert-OH is 1. The number of hydrogen-bond acceptors (Lipinski definition) is 2. The lowest BCUT2D eigenvalue weighted by Crippen LogP contribution is -2.13. The van der Waals surface area contributed by atoms with Gasteiger partial charge in [0.1, 0.15) is 11.3 Å². The summed E-state index contributed by atoms with van der Waals surface area (Å²) in [6.45, 7) is -0.766. The van der Waals surface area contributed by atoms with E-state index in [9.17, 15) is 22.0 Å². The summed E-state index contributed by atoms with van der Waals surface area (Å²) in [7, 11) is 0. The second-order valence-electron chi connectivity index (χ2n) is 2.81. The Hall–Kier alpha value is -0.950. The molecule has 1 heterocycles. The van der Waals surface area contributed by atoms with E-state index in [2.05, 4.69) is 4.98 Å². The highest BCUT2D eigenvalue weighted by molar-refractivity contribution is 6.31. The first-order valence-electron chi connectivity index (χ1n) is 3.93. The fourth-order valence-corrected chi connectivity index (χ4v) is 1.43. The zero-order chi connectivity index (χ0) is 12.5. The zero-order valence-corrected chi connectivity index (χ0v) is 8.28. The summed E-state index contributed by atoms with van der Waals surface area (Å²) in [6, 6.07) is 0.705. The second kappa shape index (κ2) is 4.50. The molecule has 1 aromatic rings. The van der Waals surface area contributed by atoms with Crippen LogP contribution >= 0.6 is 11.6 Å². The summed E-state index contributed by atoms with van der Waals surface area (Å²) in [5, 5.41) is 7.71. The Morgan fingerprint density at radius 3 is 2.31 bits per heavy atom.